The van der Waals surface area contributed by atoms with Crippen LogP contribution < -0.4 is 15.8 Å². The molecule has 2 rings (SSSR count). The van der Waals surface area contributed by atoms with Crippen LogP contribution in [0.4, 0.5) is 5.69 Å². The van der Waals surface area contributed by atoms with Gasteiger partial charge in [-0.2, -0.15) is 5.26 Å². The molecule has 1 aliphatic rings. The lowest BCUT2D eigenvalue weighted by molar-refractivity contribution is 0.415. The van der Waals surface area contributed by atoms with Crippen LogP contribution in [0, 0.1) is 17.2 Å². The summed E-state index contributed by atoms with van der Waals surface area (Å²) in [5, 5.41) is 12.2. The minimum absolute atomic E-state index is 0.174. The van der Waals surface area contributed by atoms with E-state index in [2.05, 4.69) is 11.4 Å². The van der Waals surface area contributed by atoms with Crippen molar-refractivity contribution in [3.63, 3.8) is 0 Å². The van der Waals surface area contributed by atoms with E-state index in [0.29, 0.717) is 18.0 Å². The number of nitriles is 1. The molecule has 17 heavy (non-hydrogen) atoms. The molecule has 0 bridgehead atoms. The molecule has 0 aliphatic heterocycles. The van der Waals surface area contributed by atoms with Crippen molar-refractivity contribution in [3.8, 4) is 11.8 Å². The second kappa shape index (κ2) is 5.07. The van der Waals surface area contributed by atoms with Gasteiger partial charge >= 0.3 is 0 Å². The molecule has 1 saturated carbocycles. The Morgan fingerprint density at radius 3 is 2.94 bits per heavy atom. The number of hydrogen-bond acceptors (Lipinski definition) is 4. The Morgan fingerprint density at radius 1 is 1.59 bits per heavy atom. The zero-order valence-corrected chi connectivity index (χ0v) is 9.94. The van der Waals surface area contributed by atoms with E-state index < -0.39 is 0 Å². The number of nitrogens with one attached hydrogen (secondary N) is 1. The quantitative estimate of drug-likeness (QED) is 0.809. The Balaban J connectivity index is 2.04. The Kier molecular flexibility index (Phi) is 3.50. The molecule has 0 amide bonds. The van der Waals surface area contributed by atoms with Gasteiger partial charge in [0.05, 0.1) is 18.4 Å². The maximum Gasteiger partial charge on any atom is 0.121 e. The van der Waals surface area contributed by atoms with E-state index >= 15 is 0 Å². The molecule has 1 atom stereocenters. The summed E-state index contributed by atoms with van der Waals surface area (Å²) in [4.78, 5) is 0. The molecule has 1 aromatic rings. The number of ether oxygens (including phenoxy) is 1. The van der Waals surface area contributed by atoms with Gasteiger partial charge in [0.2, 0.25) is 0 Å². The van der Waals surface area contributed by atoms with Crippen LogP contribution in [0.2, 0.25) is 0 Å². The highest BCUT2D eigenvalue weighted by atomic mass is 16.5. The molecule has 0 aromatic heterocycles. The van der Waals surface area contributed by atoms with Gasteiger partial charge in [0.15, 0.2) is 0 Å². The van der Waals surface area contributed by atoms with Crippen molar-refractivity contribution in [2.75, 3.05) is 19.0 Å². The molecule has 1 fully saturated rings. The van der Waals surface area contributed by atoms with Crippen LogP contribution in [0.5, 0.6) is 5.75 Å². The van der Waals surface area contributed by atoms with E-state index in [0.717, 1.165) is 11.4 Å². The van der Waals surface area contributed by atoms with Crippen molar-refractivity contribution in [2.45, 2.75) is 18.9 Å². The predicted molar refractivity (Wildman–Crippen MR) is 66.9 cm³/mol. The molecule has 1 unspecified atom stereocenters. The van der Waals surface area contributed by atoms with Gasteiger partial charge in [-0.25, -0.2) is 0 Å². The fourth-order valence-electron chi connectivity index (χ4n) is 1.81. The maximum absolute atomic E-state index is 9.01. The Hall–Kier alpha value is -1.73. The highest BCUT2D eigenvalue weighted by Crippen LogP contribution is 2.32. The van der Waals surface area contributed by atoms with Gasteiger partial charge in [0.1, 0.15) is 11.8 Å². The fourth-order valence-corrected chi connectivity index (χ4v) is 1.81. The zero-order chi connectivity index (χ0) is 12.3. The average Bonchev–Trinajstić information content (AvgIpc) is 3.19. The monoisotopic (exact) mass is 231 g/mol. The summed E-state index contributed by atoms with van der Waals surface area (Å²) >= 11 is 0. The summed E-state index contributed by atoms with van der Waals surface area (Å²) in [5.74, 6) is 1.39. The summed E-state index contributed by atoms with van der Waals surface area (Å²) in [5.41, 5.74) is 7.43. The van der Waals surface area contributed by atoms with Gasteiger partial charge in [-0.05, 0) is 30.9 Å². The fraction of sp³-hybridized carbons (Fsp3) is 0.462. The van der Waals surface area contributed by atoms with Crippen molar-refractivity contribution in [1.29, 1.82) is 5.26 Å². The van der Waals surface area contributed by atoms with Crippen molar-refractivity contribution >= 4 is 5.69 Å². The molecular formula is C13H17N3O. The van der Waals surface area contributed by atoms with Gasteiger partial charge in [-0.3, -0.25) is 0 Å². The number of rotatable bonds is 5. The third-order valence-electron chi connectivity index (χ3n) is 3.10. The summed E-state index contributed by atoms with van der Waals surface area (Å²) in [7, 11) is 1.61. The number of hydrogen-bond donors (Lipinski definition) is 2. The number of methoxy groups -OCH3 is 1. The smallest absolute Gasteiger partial charge is 0.121 e. The van der Waals surface area contributed by atoms with E-state index in [4.69, 9.17) is 15.7 Å². The van der Waals surface area contributed by atoms with Crippen LogP contribution >= 0.6 is 0 Å². The highest BCUT2D eigenvalue weighted by molar-refractivity contribution is 5.60. The van der Waals surface area contributed by atoms with Crippen LogP contribution in [-0.2, 0) is 0 Å². The average molecular weight is 231 g/mol. The van der Waals surface area contributed by atoms with Gasteiger partial charge < -0.3 is 15.8 Å². The van der Waals surface area contributed by atoms with Crippen LogP contribution in [0.15, 0.2) is 18.2 Å². The number of nitrogens with zero attached hydrogens (tertiary/aromatic N) is 1. The predicted octanol–water partition coefficient (Wildman–Crippen LogP) is 1.72. The lowest BCUT2D eigenvalue weighted by atomic mass is 10.1. The third kappa shape index (κ3) is 2.89. The Labute approximate surface area is 101 Å². The summed E-state index contributed by atoms with van der Waals surface area (Å²) in [6.45, 7) is 0.701. The van der Waals surface area contributed by atoms with Crippen molar-refractivity contribution in [3.05, 3.63) is 23.8 Å². The minimum Gasteiger partial charge on any atom is -0.497 e. The third-order valence-corrected chi connectivity index (χ3v) is 3.10. The molecule has 0 radical (unpaired) electrons. The van der Waals surface area contributed by atoms with E-state index in [1.165, 1.54) is 12.8 Å². The zero-order valence-electron chi connectivity index (χ0n) is 9.94. The van der Waals surface area contributed by atoms with Crippen LogP contribution in [0.3, 0.4) is 0 Å². The first-order valence-electron chi connectivity index (χ1n) is 5.82. The SMILES string of the molecule is COc1ccc(C#N)c(NCC(N)C2CC2)c1. The van der Waals surface area contributed by atoms with Crippen LogP contribution in [0.1, 0.15) is 18.4 Å². The lowest BCUT2D eigenvalue weighted by Crippen LogP contribution is -2.31. The Morgan fingerprint density at radius 2 is 2.35 bits per heavy atom. The largest absolute Gasteiger partial charge is 0.497 e. The molecule has 1 aliphatic carbocycles. The van der Waals surface area contributed by atoms with Crippen molar-refractivity contribution < 1.29 is 4.74 Å². The number of benzene rings is 1. The molecule has 4 nitrogen and oxygen atoms in total. The topological polar surface area (TPSA) is 71.1 Å². The second-order valence-corrected chi connectivity index (χ2v) is 4.41. The molecule has 90 valence electrons. The van der Waals surface area contributed by atoms with Gasteiger partial charge in [0.25, 0.3) is 0 Å². The standard InChI is InChI=1S/C13H17N3O/c1-17-11-5-4-10(7-14)13(6-11)16-8-12(15)9-2-3-9/h4-6,9,12,16H,2-3,8,15H2,1H3. The van der Waals surface area contributed by atoms with E-state index in [-0.39, 0.29) is 6.04 Å². The first-order chi connectivity index (χ1) is 8.24. The number of nitrogens with two attached hydrogens (primary N) is 1. The van der Waals surface area contributed by atoms with E-state index in [1.807, 2.05) is 6.07 Å². The Bertz CT molecular complexity index is 435. The van der Waals surface area contributed by atoms with Crippen molar-refractivity contribution in [1.82, 2.24) is 0 Å². The van der Waals surface area contributed by atoms with Crippen LogP contribution in [-0.4, -0.2) is 19.7 Å². The maximum atomic E-state index is 9.01. The van der Waals surface area contributed by atoms with Gasteiger partial charge in [-0.15, -0.1) is 0 Å². The van der Waals surface area contributed by atoms with Crippen molar-refractivity contribution in [2.24, 2.45) is 11.7 Å². The molecule has 1 aromatic carbocycles. The molecule has 0 spiro atoms. The van der Waals surface area contributed by atoms with E-state index in [1.54, 1.807) is 19.2 Å². The normalized spacial score (nSPS) is 16.1. The summed E-state index contributed by atoms with van der Waals surface area (Å²) in [6, 6.07) is 7.70. The first-order valence-corrected chi connectivity index (χ1v) is 5.82. The molecule has 4 heteroatoms. The second-order valence-electron chi connectivity index (χ2n) is 4.41. The van der Waals surface area contributed by atoms with Gasteiger partial charge in [-0.1, -0.05) is 0 Å². The summed E-state index contributed by atoms with van der Waals surface area (Å²) in [6.07, 6.45) is 2.46. The van der Waals surface area contributed by atoms with Gasteiger partial charge in [0, 0.05) is 18.7 Å². The highest BCUT2D eigenvalue weighted by Gasteiger charge is 2.28. The molecule has 0 heterocycles. The molecular weight excluding hydrogens is 214 g/mol. The minimum atomic E-state index is 0.174. The van der Waals surface area contributed by atoms with Crippen LogP contribution in [0.25, 0.3) is 0 Å². The molecule has 3 N–H and O–H groups in total. The molecule has 0 saturated heterocycles. The number of anilines is 1. The van der Waals surface area contributed by atoms with E-state index in [9.17, 15) is 0 Å². The first kappa shape index (κ1) is 11.7. The summed E-state index contributed by atoms with van der Waals surface area (Å²) < 4.78 is 5.14. The lowest BCUT2D eigenvalue weighted by Gasteiger charge is -2.14.